The summed E-state index contributed by atoms with van der Waals surface area (Å²) in [5.41, 5.74) is 7.45. The predicted octanol–water partition coefficient (Wildman–Crippen LogP) is 3.04. The second-order valence-corrected chi connectivity index (χ2v) is 10.8. The molecule has 1 aliphatic carbocycles. The molecule has 176 valence electrons. The highest BCUT2D eigenvalue weighted by Gasteiger charge is 2.51. The van der Waals surface area contributed by atoms with Gasteiger partial charge in [0.15, 0.2) is 0 Å². The molecule has 4 aliphatic rings. The predicted molar refractivity (Wildman–Crippen MR) is 129 cm³/mol. The Bertz CT molecular complexity index is 1210. The van der Waals surface area contributed by atoms with Gasteiger partial charge in [-0.25, -0.2) is 14.9 Å². The Hall–Kier alpha value is -2.46. The minimum Gasteiger partial charge on any atom is -0.376 e. The summed E-state index contributed by atoms with van der Waals surface area (Å²) in [6.45, 7) is 4.52. The van der Waals surface area contributed by atoms with Crippen LogP contribution in [0.15, 0.2) is 52.2 Å². The van der Waals surface area contributed by atoms with Crippen LogP contribution in [0.3, 0.4) is 0 Å². The van der Waals surface area contributed by atoms with Crippen LogP contribution in [-0.4, -0.2) is 53.6 Å². The molecule has 4 heterocycles. The molecule has 1 unspecified atom stereocenters. The van der Waals surface area contributed by atoms with Gasteiger partial charge in [-0.05, 0) is 31.9 Å². The maximum Gasteiger partial charge on any atom is 0.261 e. The Kier molecular flexibility index (Phi) is 5.22. The number of carbonyl (C=O) groups is 2. The second-order valence-electron chi connectivity index (χ2n) is 9.37. The van der Waals surface area contributed by atoms with E-state index in [-0.39, 0.29) is 35.3 Å². The summed E-state index contributed by atoms with van der Waals surface area (Å²) < 4.78 is 5.81. The smallest absolute Gasteiger partial charge is 0.261 e. The van der Waals surface area contributed by atoms with E-state index in [0.717, 1.165) is 38.4 Å². The molecule has 2 N–H and O–H groups in total. The lowest BCUT2D eigenvalue weighted by atomic mass is 9.73. The molecule has 10 heteroatoms. The third-order valence-electron chi connectivity index (χ3n) is 7.45. The first-order chi connectivity index (χ1) is 16.4. The topological polar surface area (TPSA) is 102 Å². The van der Waals surface area contributed by atoms with Gasteiger partial charge in [-0.15, -0.1) is 0 Å². The van der Waals surface area contributed by atoms with Crippen LogP contribution in [0.5, 0.6) is 0 Å². The van der Waals surface area contributed by atoms with E-state index in [1.54, 1.807) is 30.6 Å². The van der Waals surface area contributed by atoms with Crippen LogP contribution in [0.1, 0.15) is 19.8 Å². The minimum absolute atomic E-state index is 0.0655. The number of amides is 2. The van der Waals surface area contributed by atoms with Crippen molar-refractivity contribution in [2.75, 3.05) is 29.5 Å². The van der Waals surface area contributed by atoms with Gasteiger partial charge in [0.2, 0.25) is 5.91 Å². The first-order valence-corrected chi connectivity index (χ1v) is 12.6. The molecule has 1 aromatic heterocycles. The van der Waals surface area contributed by atoms with E-state index in [0.29, 0.717) is 26.2 Å². The molecule has 8 nitrogen and oxygen atoms in total. The lowest BCUT2D eigenvalue weighted by Crippen LogP contribution is -2.50. The highest BCUT2D eigenvalue weighted by atomic mass is 35.5. The number of carbonyl (C=O) groups excluding carboxylic acids is 2. The van der Waals surface area contributed by atoms with Crippen LogP contribution in [0, 0.1) is 11.3 Å². The number of nitrogens with zero attached hydrogens (tertiary/aromatic N) is 4. The number of benzene rings is 1. The summed E-state index contributed by atoms with van der Waals surface area (Å²) in [5.74, 6) is -0.0641. The Morgan fingerprint density at radius 2 is 2.00 bits per heavy atom. The standard InChI is InChI=1S/C24H24ClN5O3S/c1-13-21(26)24(12-33-13)5-7-29(8-6-24)18-10-28-19(11-27-18)34-17-4-2-3-16(20(17)25)30-22(31)14-9-15(14)23(30)32/h2-4,9-11,13-14,21H,5-8,12,26H2,1H3/t13-,14?,21+/m1/s1. The van der Waals surface area contributed by atoms with E-state index >= 15 is 0 Å². The Morgan fingerprint density at radius 3 is 2.62 bits per heavy atom. The average molecular weight is 498 g/mol. The van der Waals surface area contributed by atoms with Gasteiger partial charge in [0.1, 0.15) is 10.8 Å². The quantitative estimate of drug-likeness (QED) is 0.643. The monoisotopic (exact) mass is 497 g/mol. The summed E-state index contributed by atoms with van der Waals surface area (Å²) in [5, 5.41) is 1.04. The number of ether oxygens (including phenoxy) is 1. The number of anilines is 2. The maximum absolute atomic E-state index is 12.4. The van der Waals surface area contributed by atoms with Gasteiger partial charge in [0.25, 0.3) is 5.91 Å². The molecule has 3 saturated heterocycles. The van der Waals surface area contributed by atoms with Crippen LogP contribution in [0.25, 0.3) is 0 Å². The molecule has 2 aromatic rings. The Labute approximate surface area is 206 Å². The van der Waals surface area contributed by atoms with Crippen molar-refractivity contribution >= 4 is 46.7 Å². The van der Waals surface area contributed by atoms with Gasteiger partial charge in [0, 0.05) is 35.0 Å². The lowest BCUT2D eigenvalue weighted by molar-refractivity contribution is -0.121. The number of aromatic nitrogens is 2. The highest BCUT2D eigenvalue weighted by Crippen LogP contribution is 2.46. The molecule has 3 aliphatic heterocycles. The number of piperidine rings is 1. The number of halogens is 1. The van der Waals surface area contributed by atoms with Crippen LogP contribution in [-0.2, 0) is 14.3 Å². The number of fused-ring (bicyclic) bond motifs is 1. The van der Waals surface area contributed by atoms with Crippen LogP contribution < -0.4 is 15.5 Å². The lowest BCUT2D eigenvalue weighted by Gasteiger charge is -2.41. The molecule has 34 heavy (non-hydrogen) atoms. The molecule has 1 aromatic carbocycles. The van der Waals surface area contributed by atoms with Crippen molar-refractivity contribution < 1.29 is 14.3 Å². The zero-order valence-electron chi connectivity index (χ0n) is 18.6. The molecular formula is C24H24ClN5O3S. The molecule has 0 bridgehead atoms. The maximum atomic E-state index is 12.4. The van der Waals surface area contributed by atoms with Gasteiger partial charge in [-0.1, -0.05) is 35.5 Å². The first kappa shape index (κ1) is 22.0. The summed E-state index contributed by atoms with van der Waals surface area (Å²) in [7, 11) is 0. The minimum atomic E-state index is -0.372. The third kappa shape index (κ3) is 3.45. The van der Waals surface area contributed by atoms with Gasteiger partial charge < -0.3 is 15.4 Å². The molecule has 3 fully saturated rings. The van der Waals surface area contributed by atoms with E-state index in [9.17, 15) is 9.59 Å². The molecule has 3 atom stereocenters. The van der Waals surface area contributed by atoms with Crippen molar-refractivity contribution in [3.8, 4) is 0 Å². The molecule has 1 spiro atoms. The second kappa shape index (κ2) is 8.05. The van der Waals surface area contributed by atoms with Gasteiger partial charge in [-0.2, -0.15) is 0 Å². The van der Waals surface area contributed by atoms with Crippen LogP contribution >= 0.6 is 23.4 Å². The molecule has 2 amide bonds. The Morgan fingerprint density at radius 1 is 1.21 bits per heavy atom. The highest BCUT2D eigenvalue weighted by molar-refractivity contribution is 7.99. The van der Waals surface area contributed by atoms with E-state index in [1.165, 1.54) is 16.7 Å². The Balaban J connectivity index is 1.14. The van der Waals surface area contributed by atoms with Crippen molar-refractivity contribution in [1.29, 1.82) is 0 Å². The summed E-state index contributed by atoms with van der Waals surface area (Å²) in [4.78, 5) is 38.2. The van der Waals surface area contributed by atoms with E-state index in [2.05, 4.69) is 21.8 Å². The van der Waals surface area contributed by atoms with E-state index in [1.807, 2.05) is 6.07 Å². The number of rotatable bonds is 4. The van der Waals surface area contributed by atoms with Crippen molar-refractivity contribution in [3.05, 3.63) is 47.3 Å². The molecule has 6 rings (SSSR count). The van der Waals surface area contributed by atoms with E-state index < -0.39 is 0 Å². The number of imide groups is 1. The normalized spacial score (nSPS) is 27.4. The van der Waals surface area contributed by atoms with Crippen LogP contribution in [0.2, 0.25) is 5.02 Å². The zero-order valence-corrected chi connectivity index (χ0v) is 20.2. The molecule has 0 radical (unpaired) electrons. The van der Waals surface area contributed by atoms with Gasteiger partial charge in [-0.3, -0.25) is 9.59 Å². The summed E-state index contributed by atoms with van der Waals surface area (Å²) >= 11 is 7.95. The SMILES string of the molecule is C[C@H]1OCC2(CCN(c3cnc(Sc4cccc(N5C(=O)C6=CC6C5=O)c4Cl)cn3)CC2)[C@H]1N. The van der Waals surface area contributed by atoms with Gasteiger partial charge in [0.05, 0.1) is 41.7 Å². The summed E-state index contributed by atoms with van der Waals surface area (Å²) in [6.07, 6.45) is 7.25. The number of hydrogen-bond acceptors (Lipinski definition) is 8. The fraction of sp³-hybridized carbons (Fsp3) is 0.417. The number of hydrogen-bond donors (Lipinski definition) is 1. The molecule has 0 saturated carbocycles. The zero-order chi connectivity index (χ0) is 23.6. The van der Waals surface area contributed by atoms with E-state index in [4.69, 9.17) is 22.1 Å². The molecular weight excluding hydrogens is 474 g/mol. The van der Waals surface area contributed by atoms with Crippen molar-refractivity contribution in [2.24, 2.45) is 17.1 Å². The fourth-order valence-electron chi connectivity index (χ4n) is 5.18. The van der Waals surface area contributed by atoms with Gasteiger partial charge >= 0.3 is 0 Å². The largest absolute Gasteiger partial charge is 0.376 e. The third-order valence-corrected chi connectivity index (χ3v) is 8.94. The average Bonchev–Trinajstić information content (AvgIpc) is 3.56. The van der Waals surface area contributed by atoms with Crippen molar-refractivity contribution in [3.63, 3.8) is 0 Å². The summed E-state index contributed by atoms with van der Waals surface area (Å²) in [6, 6.07) is 5.39. The van der Waals surface area contributed by atoms with Crippen molar-refractivity contribution in [1.82, 2.24) is 9.97 Å². The first-order valence-electron chi connectivity index (χ1n) is 11.4. The number of nitrogens with two attached hydrogens (primary N) is 1. The fourth-order valence-corrected chi connectivity index (χ4v) is 6.28. The van der Waals surface area contributed by atoms with Crippen molar-refractivity contribution in [2.45, 2.75) is 41.8 Å². The van der Waals surface area contributed by atoms with Crippen LogP contribution in [0.4, 0.5) is 11.5 Å².